The average molecular weight is 317 g/mol. The summed E-state index contributed by atoms with van der Waals surface area (Å²) in [5.74, 6) is 1.98. The van der Waals surface area contributed by atoms with Gasteiger partial charge < -0.3 is 5.11 Å². The van der Waals surface area contributed by atoms with Gasteiger partial charge in [0.2, 0.25) is 10.0 Å². The lowest BCUT2D eigenvalue weighted by Crippen LogP contribution is -2.33. The maximum Gasteiger partial charge on any atom is 0.241 e. The molecule has 1 aromatic carbocycles. The van der Waals surface area contributed by atoms with Crippen molar-refractivity contribution in [1.82, 2.24) is 4.72 Å². The van der Waals surface area contributed by atoms with E-state index in [1.807, 2.05) is 6.92 Å². The van der Waals surface area contributed by atoms with Crippen molar-refractivity contribution in [3.05, 3.63) is 29.3 Å². The topological polar surface area (TPSA) is 66.4 Å². The van der Waals surface area contributed by atoms with Crippen molar-refractivity contribution in [2.75, 3.05) is 11.5 Å². The van der Waals surface area contributed by atoms with Crippen LogP contribution >= 0.6 is 11.8 Å². The van der Waals surface area contributed by atoms with E-state index in [4.69, 9.17) is 5.11 Å². The van der Waals surface area contributed by atoms with E-state index in [1.165, 1.54) is 6.07 Å². The molecule has 0 amide bonds. The Hall–Kier alpha value is -0.560. The van der Waals surface area contributed by atoms with Crippen molar-refractivity contribution in [3.63, 3.8) is 0 Å². The van der Waals surface area contributed by atoms with Gasteiger partial charge in [0.25, 0.3) is 0 Å². The molecule has 1 aromatic rings. The Bertz CT molecular complexity index is 529. The smallest absolute Gasteiger partial charge is 0.241 e. The van der Waals surface area contributed by atoms with Crippen LogP contribution in [0.15, 0.2) is 23.1 Å². The van der Waals surface area contributed by atoms with E-state index in [-0.39, 0.29) is 17.5 Å². The number of thioether (sulfide) groups is 1. The normalized spacial score (nSPS) is 13.4. The highest BCUT2D eigenvalue weighted by Crippen LogP contribution is 2.18. The van der Waals surface area contributed by atoms with Gasteiger partial charge in [-0.3, -0.25) is 0 Å². The Labute approximate surface area is 126 Å². The highest BCUT2D eigenvalue weighted by molar-refractivity contribution is 7.99. The first kappa shape index (κ1) is 17.5. The molecule has 0 saturated heterocycles. The fourth-order valence-electron chi connectivity index (χ4n) is 1.82. The molecule has 1 unspecified atom stereocenters. The number of rotatable bonds is 8. The van der Waals surface area contributed by atoms with Crippen LogP contribution in [0.1, 0.15) is 31.4 Å². The maximum atomic E-state index is 12.4. The second-order valence-corrected chi connectivity index (χ2v) is 7.84. The fraction of sp³-hybridized carbons (Fsp3) is 0.571. The zero-order valence-corrected chi connectivity index (χ0v) is 13.9. The van der Waals surface area contributed by atoms with Gasteiger partial charge in [-0.1, -0.05) is 19.1 Å². The maximum absolute atomic E-state index is 12.4. The van der Waals surface area contributed by atoms with Crippen LogP contribution in [-0.4, -0.2) is 31.1 Å². The number of aryl methyl sites for hydroxylation is 1. The van der Waals surface area contributed by atoms with E-state index in [2.05, 4.69) is 11.6 Å². The molecule has 4 nitrogen and oxygen atoms in total. The molecule has 2 N–H and O–H groups in total. The third kappa shape index (κ3) is 5.09. The first-order valence-corrected chi connectivity index (χ1v) is 9.35. The lowest BCUT2D eigenvalue weighted by Gasteiger charge is -2.15. The minimum Gasteiger partial charge on any atom is -0.392 e. The zero-order chi connectivity index (χ0) is 15.2. The summed E-state index contributed by atoms with van der Waals surface area (Å²) < 4.78 is 27.4. The molecular formula is C14H23NO3S2. The molecule has 0 fully saturated rings. The molecule has 1 atom stereocenters. The molecule has 0 spiro atoms. The molecule has 114 valence electrons. The van der Waals surface area contributed by atoms with Crippen LogP contribution in [0.3, 0.4) is 0 Å². The van der Waals surface area contributed by atoms with Crippen LogP contribution < -0.4 is 4.72 Å². The molecule has 0 aliphatic carbocycles. The molecular weight excluding hydrogens is 294 g/mol. The van der Waals surface area contributed by atoms with E-state index in [9.17, 15) is 8.42 Å². The predicted octanol–water partition coefficient (Wildman–Crippen LogP) is 2.30. The summed E-state index contributed by atoms with van der Waals surface area (Å²) in [7, 11) is -3.53. The highest BCUT2D eigenvalue weighted by atomic mass is 32.2. The number of aliphatic hydroxyl groups is 1. The molecule has 0 aromatic heterocycles. The summed E-state index contributed by atoms with van der Waals surface area (Å²) in [5, 5.41) is 9.13. The van der Waals surface area contributed by atoms with Gasteiger partial charge in [-0.2, -0.15) is 11.8 Å². The standard InChI is InChI=1S/C14H23NO3S2/c1-4-19-8-7-12(3)15-20(17,18)14-9-13(10-16)6-5-11(14)2/h5-6,9,12,15-16H,4,7-8,10H2,1-3H3. The van der Waals surface area contributed by atoms with Gasteiger partial charge in [0.1, 0.15) is 0 Å². The number of benzene rings is 1. The van der Waals surface area contributed by atoms with Crippen molar-refractivity contribution in [2.24, 2.45) is 0 Å². The number of hydrogen-bond acceptors (Lipinski definition) is 4. The Morgan fingerprint density at radius 1 is 1.40 bits per heavy atom. The molecule has 20 heavy (non-hydrogen) atoms. The monoisotopic (exact) mass is 317 g/mol. The summed E-state index contributed by atoms with van der Waals surface area (Å²) in [6.45, 7) is 5.56. The Morgan fingerprint density at radius 2 is 2.10 bits per heavy atom. The molecule has 0 saturated carbocycles. The van der Waals surface area contributed by atoms with Crippen molar-refractivity contribution < 1.29 is 13.5 Å². The first-order valence-electron chi connectivity index (χ1n) is 6.71. The van der Waals surface area contributed by atoms with Crippen molar-refractivity contribution in [2.45, 2.75) is 44.7 Å². The largest absolute Gasteiger partial charge is 0.392 e. The van der Waals surface area contributed by atoms with Gasteiger partial charge in [-0.15, -0.1) is 0 Å². The van der Waals surface area contributed by atoms with Crippen LogP contribution in [0.2, 0.25) is 0 Å². The van der Waals surface area contributed by atoms with Gasteiger partial charge >= 0.3 is 0 Å². The minimum absolute atomic E-state index is 0.101. The van der Waals surface area contributed by atoms with Crippen LogP contribution in [0.4, 0.5) is 0 Å². The van der Waals surface area contributed by atoms with E-state index in [0.29, 0.717) is 11.1 Å². The third-order valence-electron chi connectivity index (χ3n) is 2.98. The number of hydrogen-bond donors (Lipinski definition) is 2. The van der Waals surface area contributed by atoms with E-state index >= 15 is 0 Å². The molecule has 1 rings (SSSR count). The molecule has 0 heterocycles. The van der Waals surface area contributed by atoms with Gasteiger partial charge in [-0.05, 0) is 49.0 Å². The van der Waals surface area contributed by atoms with Crippen LogP contribution in [-0.2, 0) is 16.6 Å². The SMILES string of the molecule is CCSCCC(C)NS(=O)(=O)c1cc(CO)ccc1C. The third-order valence-corrected chi connectivity index (χ3v) is 5.64. The molecule has 0 radical (unpaired) electrons. The van der Waals surface area contributed by atoms with Gasteiger partial charge in [0, 0.05) is 6.04 Å². The molecule has 0 bridgehead atoms. The number of aliphatic hydroxyl groups excluding tert-OH is 1. The second kappa shape index (κ2) is 8.02. The summed E-state index contributed by atoms with van der Waals surface area (Å²) >= 11 is 1.80. The summed E-state index contributed by atoms with van der Waals surface area (Å²) in [6.07, 6.45) is 0.802. The fourth-order valence-corrected chi connectivity index (χ4v) is 4.21. The zero-order valence-electron chi connectivity index (χ0n) is 12.2. The lowest BCUT2D eigenvalue weighted by atomic mass is 10.2. The van der Waals surface area contributed by atoms with Gasteiger partial charge in [-0.25, -0.2) is 13.1 Å². The summed E-state index contributed by atoms with van der Waals surface area (Å²) in [4.78, 5) is 0.249. The quantitative estimate of drug-likeness (QED) is 0.722. The molecule has 0 aliphatic heterocycles. The van der Waals surface area contributed by atoms with Crippen molar-refractivity contribution in [3.8, 4) is 0 Å². The predicted molar refractivity (Wildman–Crippen MR) is 84.5 cm³/mol. The molecule has 0 aliphatic rings. The first-order chi connectivity index (χ1) is 9.40. The lowest BCUT2D eigenvalue weighted by molar-refractivity contribution is 0.281. The Morgan fingerprint density at radius 3 is 2.70 bits per heavy atom. The van der Waals surface area contributed by atoms with E-state index in [0.717, 1.165) is 17.9 Å². The van der Waals surface area contributed by atoms with E-state index in [1.54, 1.807) is 30.8 Å². The highest BCUT2D eigenvalue weighted by Gasteiger charge is 2.19. The second-order valence-electron chi connectivity index (χ2n) is 4.77. The average Bonchev–Trinajstić information content (AvgIpc) is 2.38. The molecule has 6 heteroatoms. The van der Waals surface area contributed by atoms with Gasteiger partial charge in [0.05, 0.1) is 11.5 Å². The van der Waals surface area contributed by atoms with Crippen LogP contribution in [0.5, 0.6) is 0 Å². The number of nitrogens with one attached hydrogen (secondary N) is 1. The minimum atomic E-state index is -3.53. The van der Waals surface area contributed by atoms with Crippen molar-refractivity contribution >= 4 is 21.8 Å². The van der Waals surface area contributed by atoms with Crippen LogP contribution in [0, 0.1) is 6.92 Å². The van der Waals surface area contributed by atoms with Gasteiger partial charge in [0.15, 0.2) is 0 Å². The van der Waals surface area contributed by atoms with E-state index < -0.39 is 10.0 Å². The number of sulfonamides is 1. The van der Waals surface area contributed by atoms with Crippen molar-refractivity contribution in [1.29, 1.82) is 0 Å². The Balaban J connectivity index is 2.83. The summed E-state index contributed by atoms with van der Waals surface area (Å²) in [6, 6.07) is 4.88. The Kier molecular flexibility index (Phi) is 7.02. The summed E-state index contributed by atoms with van der Waals surface area (Å²) in [5.41, 5.74) is 1.29. The van der Waals surface area contributed by atoms with Crippen LogP contribution in [0.25, 0.3) is 0 Å².